The van der Waals surface area contributed by atoms with E-state index < -0.39 is 0 Å². The largest absolute Gasteiger partial charge is 0.336 e. The fourth-order valence-corrected chi connectivity index (χ4v) is 4.53. The minimum atomic E-state index is 0.0967. The van der Waals surface area contributed by atoms with Crippen molar-refractivity contribution >= 4 is 16.8 Å². The van der Waals surface area contributed by atoms with E-state index in [4.69, 9.17) is 4.98 Å². The van der Waals surface area contributed by atoms with Gasteiger partial charge in [-0.3, -0.25) is 9.69 Å². The van der Waals surface area contributed by atoms with Crippen molar-refractivity contribution in [3.8, 4) is 11.3 Å². The van der Waals surface area contributed by atoms with Crippen molar-refractivity contribution < 1.29 is 4.79 Å². The van der Waals surface area contributed by atoms with Crippen molar-refractivity contribution in [1.82, 2.24) is 14.8 Å². The molecule has 0 spiro atoms. The molecule has 0 bridgehead atoms. The number of amides is 1. The number of fused-ring (bicyclic) bond motifs is 1. The molecule has 1 fully saturated rings. The molecule has 1 aliphatic heterocycles. The van der Waals surface area contributed by atoms with Gasteiger partial charge in [-0.25, -0.2) is 4.98 Å². The molecule has 4 aromatic rings. The summed E-state index contributed by atoms with van der Waals surface area (Å²) in [6.45, 7) is 6.33. The maximum Gasteiger partial charge on any atom is 0.254 e. The van der Waals surface area contributed by atoms with Crippen molar-refractivity contribution in [3.05, 3.63) is 102 Å². The number of benzene rings is 3. The van der Waals surface area contributed by atoms with Crippen LogP contribution in [0.3, 0.4) is 0 Å². The van der Waals surface area contributed by atoms with Crippen LogP contribution in [-0.2, 0) is 13.0 Å². The Hall–Kier alpha value is -3.50. The Morgan fingerprint density at radius 3 is 2.24 bits per heavy atom. The average Bonchev–Trinajstić information content (AvgIpc) is 2.89. The van der Waals surface area contributed by atoms with Gasteiger partial charge in [-0.15, -0.1) is 0 Å². The summed E-state index contributed by atoms with van der Waals surface area (Å²) in [5, 5.41) is 0.920. The van der Waals surface area contributed by atoms with Gasteiger partial charge < -0.3 is 4.90 Å². The number of pyridine rings is 1. The molecule has 0 radical (unpaired) electrons. The van der Waals surface area contributed by atoms with Crippen molar-refractivity contribution in [2.45, 2.75) is 19.9 Å². The van der Waals surface area contributed by atoms with Crippen LogP contribution in [0.4, 0.5) is 0 Å². The molecular formula is C29H29N3O. The first-order valence-corrected chi connectivity index (χ1v) is 11.8. The summed E-state index contributed by atoms with van der Waals surface area (Å²) < 4.78 is 0. The Labute approximate surface area is 195 Å². The number of aromatic nitrogens is 1. The number of piperazine rings is 1. The Morgan fingerprint density at radius 1 is 0.818 bits per heavy atom. The van der Waals surface area contributed by atoms with E-state index in [0.29, 0.717) is 0 Å². The highest BCUT2D eigenvalue weighted by Gasteiger charge is 2.24. The molecule has 1 saturated heterocycles. The zero-order valence-electron chi connectivity index (χ0n) is 19.1. The molecule has 0 N–H and O–H groups in total. The maximum atomic E-state index is 13.6. The zero-order valence-corrected chi connectivity index (χ0v) is 19.1. The number of carbonyl (C=O) groups excluding carboxylic acids is 1. The maximum absolute atomic E-state index is 13.6. The monoisotopic (exact) mass is 435 g/mol. The Bertz CT molecular complexity index is 1240. The second kappa shape index (κ2) is 9.55. The number of hydrogen-bond acceptors (Lipinski definition) is 3. The van der Waals surface area contributed by atoms with Gasteiger partial charge >= 0.3 is 0 Å². The first-order valence-electron chi connectivity index (χ1n) is 11.8. The summed E-state index contributed by atoms with van der Waals surface area (Å²) in [6, 6.07) is 29.0. The van der Waals surface area contributed by atoms with E-state index in [0.717, 1.165) is 66.9 Å². The van der Waals surface area contributed by atoms with Gasteiger partial charge in [0.2, 0.25) is 0 Å². The molecule has 0 saturated carbocycles. The molecular weight excluding hydrogens is 406 g/mol. The van der Waals surface area contributed by atoms with Gasteiger partial charge in [0.1, 0.15) is 0 Å². The van der Waals surface area contributed by atoms with Crippen LogP contribution in [0.2, 0.25) is 0 Å². The van der Waals surface area contributed by atoms with Crippen molar-refractivity contribution in [2.24, 2.45) is 0 Å². The molecule has 2 heterocycles. The lowest BCUT2D eigenvalue weighted by Gasteiger charge is -2.35. The number of carbonyl (C=O) groups is 1. The fourth-order valence-electron chi connectivity index (χ4n) is 4.53. The smallest absolute Gasteiger partial charge is 0.254 e. The molecule has 0 unspecified atom stereocenters. The molecule has 166 valence electrons. The number of nitrogens with zero attached hydrogens (tertiary/aromatic N) is 3. The second-order valence-electron chi connectivity index (χ2n) is 8.68. The Balaban J connectivity index is 1.38. The Kier molecular flexibility index (Phi) is 6.18. The van der Waals surface area contributed by atoms with Crippen LogP contribution in [0.15, 0.2) is 84.9 Å². The van der Waals surface area contributed by atoms with Gasteiger partial charge in [0.05, 0.1) is 16.8 Å². The SMILES string of the molecule is CCc1ccc(-c2cc(C(=O)N3CCN(Cc4ccccc4)CC3)c3ccccc3n2)cc1. The summed E-state index contributed by atoms with van der Waals surface area (Å²) in [5.74, 6) is 0.0967. The van der Waals surface area contributed by atoms with Crippen LogP contribution in [-0.4, -0.2) is 46.9 Å². The van der Waals surface area contributed by atoms with Crippen LogP contribution >= 0.6 is 0 Å². The molecule has 3 aromatic carbocycles. The first-order chi connectivity index (χ1) is 16.2. The average molecular weight is 436 g/mol. The third kappa shape index (κ3) is 4.67. The highest BCUT2D eigenvalue weighted by atomic mass is 16.2. The lowest BCUT2D eigenvalue weighted by atomic mass is 10.0. The summed E-state index contributed by atoms with van der Waals surface area (Å²) in [6.07, 6.45) is 1.01. The third-order valence-electron chi connectivity index (χ3n) is 6.51. The molecule has 1 amide bonds. The Morgan fingerprint density at radius 2 is 1.52 bits per heavy atom. The number of aryl methyl sites for hydroxylation is 1. The number of hydrogen-bond donors (Lipinski definition) is 0. The standard InChI is InChI=1S/C29H29N3O/c1-2-22-12-14-24(15-13-22)28-20-26(25-10-6-7-11-27(25)30-28)29(33)32-18-16-31(17-19-32)21-23-8-4-3-5-9-23/h3-15,20H,2,16-19,21H2,1H3. The van der Waals surface area contributed by atoms with Crippen molar-refractivity contribution in [2.75, 3.05) is 26.2 Å². The predicted molar refractivity (Wildman–Crippen MR) is 134 cm³/mol. The first kappa shape index (κ1) is 21.4. The molecule has 0 atom stereocenters. The number of rotatable bonds is 5. The zero-order chi connectivity index (χ0) is 22.6. The van der Waals surface area contributed by atoms with E-state index >= 15 is 0 Å². The van der Waals surface area contributed by atoms with Gasteiger partial charge in [0, 0.05) is 43.7 Å². The fraction of sp³-hybridized carbons (Fsp3) is 0.241. The summed E-state index contributed by atoms with van der Waals surface area (Å²) in [4.78, 5) is 22.9. The van der Waals surface area contributed by atoms with Crippen LogP contribution in [0.25, 0.3) is 22.2 Å². The van der Waals surface area contributed by atoms with Gasteiger partial charge in [-0.1, -0.05) is 79.7 Å². The quantitative estimate of drug-likeness (QED) is 0.420. The minimum absolute atomic E-state index is 0.0967. The van der Waals surface area contributed by atoms with E-state index in [1.807, 2.05) is 41.3 Å². The van der Waals surface area contributed by atoms with E-state index in [1.165, 1.54) is 11.1 Å². The number of para-hydroxylation sites is 1. The highest BCUT2D eigenvalue weighted by Crippen LogP contribution is 2.26. The van der Waals surface area contributed by atoms with E-state index in [2.05, 4.69) is 60.4 Å². The van der Waals surface area contributed by atoms with Crippen LogP contribution in [0.5, 0.6) is 0 Å². The topological polar surface area (TPSA) is 36.4 Å². The molecule has 4 heteroatoms. The molecule has 1 aromatic heterocycles. The van der Waals surface area contributed by atoms with E-state index in [-0.39, 0.29) is 5.91 Å². The summed E-state index contributed by atoms with van der Waals surface area (Å²) >= 11 is 0. The molecule has 0 aliphatic carbocycles. The van der Waals surface area contributed by atoms with Gasteiger partial charge in [0.25, 0.3) is 5.91 Å². The van der Waals surface area contributed by atoms with Crippen LogP contribution in [0.1, 0.15) is 28.4 Å². The second-order valence-corrected chi connectivity index (χ2v) is 8.68. The third-order valence-corrected chi connectivity index (χ3v) is 6.51. The van der Waals surface area contributed by atoms with E-state index in [1.54, 1.807) is 0 Å². The van der Waals surface area contributed by atoms with Gasteiger partial charge in [-0.05, 0) is 29.7 Å². The summed E-state index contributed by atoms with van der Waals surface area (Å²) in [7, 11) is 0. The van der Waals surface area contributed by atoms with Crippen molar-refractivity contribution in [1.29, 1.82) is 0 Å². The normalized spacial score (nSPS) is 14.5. The molecule has 4 nitrogen and oxygen atoms in total. The van der Waals surface area contributed by atoms with Gasteiger partial charge in [-0.2, -0.15) is 0 Å². The molecule has 5 rings (SSSR count). The predicted octanol–water partition coefficient (Wildman–Crippen LogP) is 5.42. The lowest BCUT2D eigenvalue weighted by Crippen LogP contribution is -2.48. The van der Waals surface area contributed by atoms with E-state index in [9.17, 15) is 4.79 Å². The minimum Gasteiger partial charge on any atom is -0.336 e. The van der Waals surface area contributed by atoms with Crippen molar-refractivity contribution in [3.63, 3.8) is 0 Å². The van der Waals surface area contributed by atoms with Crippen LogP contribution < -0.4 is 0 Å². The molecule has 33 heavy (non-hydrogen) atoms. The van der Waals surface area contributed by atoms with Crippen LogP contribution in [0, 0.1) is 0 Å². The molecule has 1 aliphatic rings. The highest BCUT2D eigenvalue weighted by molar-refractivity contribution is 6.07. The van der Waals surface area contributed by atoms with Gasteiger partial charge in [0.15, 0.2) is 0 Å². The summed E-state index contributed by atoms with van der Waals surface area (Å²) in [5.41, 5.74) is 6.11. The lowest BCUT2D eigenvalue weighted by molar-refractivity contribution is 0.0630.